The predicted molar refractivity (Wildman–Crippen MR) is 48.3 cm³/mol. The van der Waals surface area contributed by atoms with Gasteiger partial charge in [0.25, 0.3) is 0 Å². The van der Waals surface area contributed by atoms with Gasteiger partial charge in [-0.1, -0.05) is 38.2 Å². The summed E-state index contributed by atoms with van der Waals surface area (Å²) in [5.74, 6) is 0. The first kappa shape index (κ1) is 11.1. The fourth-order valence-corrected chi connectivity index (χ4v) is 1.87. The molecule has 0 bridgehead atoms. The summed E-state index contributed by atoms with van der Waals surface area (Å²) in [7, 11) is 4.39. The third-order valence-electron chi connectivity index (χ3n) is 1.20. The Labute approximate surface area is 88.5 Å². The molecule has 0 amide bonds. The molecule has 0 aliphatic carbocycles. The van der Waals surface area contributed by atoms with Crippen LogP contribution in [0.5, 0.6) is 0 Å². The van der Waals surface area contributed by atoms with E-state index < -0.39 is 0 Å². The third-order valence-corrected chi connectivity index (χ3v) is 2.86. The van der Waals surface area contributed by atoms with Gasteiger partial charge in [0.05, 0.1) is 0 Å². The summed E-state index contributed by atoms with van der Waals surface area (Å²) in [6.45, 7) is 2.18. The van der Waals surface area contributed by atoms with Crippen molar-refractivity contribution in [2.45, 2.75) is 0 Å². The van der Waals surface area contributed by atoms with Crippen molar-refractivity contribution in [1.29, 1.82) is 0 Å². The summed E-state index contributed by atoms with van der Waals surface area (Å²) in [5.41, 5.74) is 0. The Morgan fingerprint density at radius 2 is 1.90 bits per heavy atom. The number of hydrogen-bond donors (Lipinski definition) is 0. The Morgan fingerprint density at radius 3 is 2.30 bits per heavy atom. The summed E-state index contributed by atoms with van der Waals surface area (Å²) in [6, 6.07) is 8.31. The fraction of sp³-hybridized carbons (Fsp3) is 0.143. The van der Waals surface area contributed by atoms with Gasteiger partial charge < -0.3 is 9.24 Å². The van der Waals surface area contributed by atoms with Gasteiger partial charge in [-0.3, -0.25) is 0 Å². The van der Waals surface area contributed by atoms with E-state index in [4.69, 9.17) is 0 Å². The standard InChI is InChI=1S/C7H9P2.Na/c1-9-7-5-3-2-4-6(7)8;/h2-5,8-9H,1H3;/q-1;+1. The monoisotopic (exact) mass is 178 g/mol. The quantitative estimate of drug-likeness (QED) is 0.358. The number of benzene rings is 1. The zero-order valence-corrected chi connectivity index (χ0v) is 10.3. The molecule has 1 unspecified atom stereocenters. The Kier molecular flexibility index (Phi) is 6.31. The minimum absolute atomic E-state index is 0. The van der Waals surface area contributed by atoms with Crippen molar-refractivity contribution in [2.24, 2.45) is 0 Å². The zero-order valence-electron chi connectivity index (χ0n) is 6.31. The maximum absolute atomic E-state index is 3.51. The second-order valence-electron chi connectivity index (χ2n) is 1.80. The maximum atomic E-state index is 3.51. The van der Waals surface area contributed by atoms with Crippen molar-refractivity contribution in [2.75, 3.05) is 6.66 Å². The first-order valence-corrected chi connectivity index (χ1v) is 4.83. The molecule has 10 heavy (non-hydrogen) atoms. The summed E-state index contributed by atoms with van der Waals surface area (Å²) >= 11 is 0. The van der Waals surface area contributed by atoms with Crippen LogP contribution in [0, 0.1) is 0 Å². The smallest absolute Gasteiger partial charge is 0.524 e. The molecule has 0 saturated heterocycles. The van der Waals surface area contributed by atoms with Crippen molar-refractivity contribution < 1.29 is 29.6 Å². The van der Waals surface area contributed by atoms with Crippen molar-refractivity contribution in [3.63, 3.8) is 0 Å². The maximum Gasteiger partial charge on any atom is 1.00 e. The van der Waals surface area contributed by atoms with Crippen LogP contribution in [0.2, 0.25) is 0 Å². The van der Waals surface area contributed by atoms with Crippen LogP contribution in [0.25, 0.3) is 0 Å². The second-order valence-corrected chi connectivity index (χ2v) is 3.37. The van der Waals surface area contributed by atoms with Crippen LogP contribution in [0.4, 0.5) is 0 Å². The topological polar surface area (TPSA) is 0 Å². The normalized spacial score (nSPS) is 9.80. The van der Waals surface area contributed by atoms with E-state index in [1.54, 1.807) is 0 Å². The van der Waals surface area contributed by atoms with Crippen molar-refractivity contribution in [3.05, 3.63) is 24.3 Å². The van der Waals surface area contributed by atoms with E-state index in [1.165, 1.54) is 10.6 Å². The van der Waals surface area contributed by atoms with Crippen LogP contribution < -0.4 is 40.2 Å². The molecule has 1 atom stereocenters. The average Bonchev–Trinajstić information content (AvgIpc) is 1.89. The van der Waals surface area contributed by atoms with E-state index in [9.17, 15) is 0 Å². The Bertz CT molecular complexity index is 201. The van der Waals surface area contributed by atoms with E-state index >= 15 is 0 Å². The molecule has 1 aromatic carbocycles. The molecular formula is C7H9NaP2. The molecule has 0 spiro atoms. The molecule has 3 heteroatoms. The molecule has 0 saturated carbocycles. The van der Waals surface area contributed by atoms with Crippen LogP contribution in [-0.4, -0.2) is 6.66 Å². The Morgan fingerprint density at radius 1 is 1.30 bits per heavy atom. The van der Waals surface area contributed by atoms with Gasteiger partial charge in [-0.25, -0.2) is 0 Å². The summed E-state index contributed by atoms with van der Waals surface area (Å²) in [6.07, 6.45) is 0. The van der Waals surface area contributed by atoms with Gasteiger partial charge >= 0.3 is 29.6 Å². The van der Waals surface area contributed by atoms with E-state index in [1.807, 2.05) is 6.07 Å². The second kappa shape index (κ2) is 5.70. The molecule has 0 nitrogen and oxygen atoms in total. The SMILES string of the molecule is CPc1ccccc1[PH-].[Na+]. The van der Waals surface area contributed by atoms with Crippen molar-refractivity contribution in [1.82, 2.24) is 0 Å². The predicted octanol–water partition coefficient (Wildman–Crippen LogP) is -1.61. The van der Waals surface area contributed by atoms with E-state index in [2.05, 4.69) is 34.1 Å². The number of hydrogen-bond acceptors (Lipinski definition) is 0. The molecule has 0 heterocycles. The molecule has 48 valence electrons. The molecule has 0 fully saturated rings. The molecule has 0 aliphatic rings. The van der Waals surface area contributed by atoms with Crippen LogP contribution in [0.15, 0.2) is 24.3 Å². The van der Waals surface area contributed by atoms with Gasteiger partial charge in [0.1, 0.15) is 0 Å². The third kappa shape index (κ3) is 2.99. The fourth-order valence-electron chi connectivity index (χ4n) is 0.701. The van der Waals surface area contributed by atoms with Gasteiger partial charge in [-0.15, -0.1) is 0 Å². The van der Waals surface area contributed by atoms with Gasteiger partial charge in [-0.2, -0.15) is 5.30 Å². The minimum Gasteiger partial charge on any atom is -0.524 e. The van der Waals surface area contributed by atoms with Gasteiger partial charge in [0, 0.05) is 0 Å². The minimum atomic E-state index is 0. The molecule has 0 N–H and O–H groups in total. The molecule has 0 aliphatic heterocycles. The van der Waals surface area contributed by atoms with Crippen LogP contribution in [-0.2, 0) is 0 Å². The average molecular weight is 178 g/mol. The first-order valence-electron chi connectivity index (χ1n) is 2.83. The van der Waals surface area contributed by atoms with Gasteiger partial charge in [0.15, 0.2) is 0 Å². The van der Waals surface area contributed by atoms with Crippen molar-refractivity contribution in [3.8, 4) is 0 Å². The summed E-state index contributed by atoms with van der Waals surface area (Å²) in [5, 5.41) is 2.62. The Balaban J connectivity index is 0.000000810. The van der Waals surface area contributed by atoms with Crippen LogP contribution in [0.1, 0.15) is 0 Å². The van der Waals surface area contributed by atoms with Crippen LogP contribution in [0.3, 0.4) is 0 Å². The molecule has 1 rings (SSSR count). The molecule has 0 radical (unpaired) electrons. The van der Waals surface area contributed by atoms with E-state index in [-0.39, 0.29) is 29.6 Å². The summed E-state index contributed by atoms with van der Waals surface area (Å²) in [4.78, 5) is 0. The first-order chi connectivity index (χ1) is 4.34. The molecule has 0 aromatic heterocycles. The van der Waals surface area contributed by atoms with Gasteiger partial charge in [-0.05, 0) is 6.66 Å². The van der Waals surface area contributed by atoms with E-state index in [0.29, 0.717) is 0 Å². The summed E-state index contributed by atoms with van der Waals surface area (Å²) < 4.78 is 0. The van der Waals surface area contributed by atoms with Crippen LogP contribution >= 0.6 is 17.8 Å². The van der Waals surface area contributed by atoms with Crippen molar-refractivity contribution >= 4 is 28.4 Å². The number of rotatable bonds is 1. The molecule has 1 aromatic rings. The largest absolute Gasteiger partial charge is 1.00 e. The Hall–Kier alpha value is 1.08. The van der Waals surface area contributed by atoms with E-state index in [0.717, 1.165) is 8.58 Å². The van der Waals surface area contributed by atoms with Gasteiger partial charge in [0.2, 0.25) is 0 Å². The zero-order chi connectivity index (χ0) is 6.69. The molecular weight excluding hydrogens is 169 g/mol.